The van der Waals surface area contributed by atoms with Gasteiger partial charge in [-0.25, -0.2) is 4.98 Å². The van der Waals surface area contributed by atoms with Crippen LogP contribution in [0.3, 0.4) is 0 Å². The van der Waals surface area contributed by atoms with E-state index in [0.717, 1.165) is 23.9 Å². The van der Waals surface area contributed by atoms with Crippen molar-refractivity contribution in [3.8, 4) is 0 Å². The highest BCUT2D eigenvalue weighted by Crippen LogP contribution is 2.22. The molecule has 1 amide bonds. The minimum absolute atomic E-state index is 0.0805. The van der Waals surface area contributed by atoms with Crippen LogP contribution < -0.4 is 5.32 Å². The number of aryl methyl sites for hydroxylation is 1. The van der Waals surface area contributed by atoms with Crippen molar-refractivity contribution >= 4 is 17.7 Å². The average Bonchev–Trinajstić information content (AvgIpc) is 2.96. The van der Waals surface area contributed by atoms with Crippen LogP contribution in [0, 0.1) is 0 Å². The molecule has 122 valence electrons. The Morgan fingerprint density at radius 1 is 1.35 bits per heavy atom. The number of benzene rings is 1. The van der Waals surface area contributed by atoms with Gasteiger partial charge < -0.3 is 9.88 Å². The van der Waals surface area contributed by atoms with E-state index in [1.54, 1.807) is 18.0 Å². The van der Waals surface area contributed by atoms with E-state index in [1.165, 1.54) is 11.1 Å². The van der Waals surface area contributed by atoms with Gasteiger partial charge in [0.15, 0.2) is 5.16 Å². The Labute approximate surface area is 141 Å². The van der Waals surface area contributed by atoms with Crippen molar-refractivity contribution in [2.45, 2.75) is 24.2 Å². The van der Waals surface area contributed by atoms with Gasteiger partial charge in [-0.05, 0) is 24.6 Å². The van der Waals surface area contributed by atoms with Crippen LogP contribution in [-0.2, 0) is 24.8 Å². The van der Waals surface area contributed by atoms with E-state index in [4.69, 9.17) is 0 Å². The van der Waals surface area contributed by atoms with Gasteiger partial charge in [0, 0.05) is 38.3 Å². The van der Waals surface area contributed by atoms with Crippen LogP contribution in [0.1, 0.15) is 11.1 Å². The number of imidazole rings is 1. The molecule has 0 saturated carbocycles. The van der Waals surface area contributed by atoms with Gasteiger partial charge in [-0.3, -0.25) is 9.69 Å². The van der Waals surface area contributed by atoms with Gasteiger partial charge in [0.2, 0.25) is 5.91 Å². The molecule has 5 nitrogen and oxygen atoms in total. The Kier molecular flexibility index (Phi) is 5.03. The van der Waals surface area contributed by atoms with Gasteiger partial charge in [-0.15, -0.1) is 0 Å². The third kappa shape index (κ3) is 3.76. The third-order valence-electron chi connectivity index (χ3n) is 4.20. The molecule has 2 aromatic rings. The number of nitrogens with one attached hydrogen (secondary N) is 1. The summed E-state index contributed by atoms with van der Waals surface area (Å²) < 4.78 is 1.98. The molecule has 0 saturated heterocycles. The van der Waals surface area contributed by atoms with Crippen molar-refractivity contribution in [1.82, 2.24) is 19.8 Å². The van der Waals surface area contributed by atoms with Gasteiger partial charge in [0.1, 0.15) is 0 Å². The lowest BCUT2D eigenvalue weighted by Gasteiger charge is -2.33. The maximum absolute atomic E-state index is 12.5. The number of rotatable bonds is 5. The lowest BCUT2D eigenvalue weighted by molar-refractivity contribution is -0.126. The van der Waals surface area contributed by atoms with E-state index in [1.807, 2.05) is 30.9 Å². The zero-order valence-electron chi connectivity index (χ0n) is 13.5. The molecule has 0 aliphatic carbocycles. The van der Waals surface area contributed by atoms with Crippen LogP contribution in [0.5, 0.6) is 0 Å². The molecular weight excluding hydrogens is 308 g/mol. The van der Waals surface area contributed by atoms with Crippen LogP contribution in [0.15, 0.2) is 41.8 Å². The molecule has 3 rings (SSSR count). The molecule has 1 atom stereocenters. The number of fused-ring (bicyclic) bond motifs is 1. The summed E-state index contributed by atoms with van der Waals surface area (Å²) in [6, 6.07) is 8.29. The number of nitrogens with zero attached hydrogens (tertiary/aromatic N) is 3. The largest absolute Gasteiger partial charge is 0.354 e. The van der Waals surface area contributed by atoms with Crippen LogP contribution in [0.25, 0.3) is 0 Å². The Morgan fingerprint density at radius 2 is 2.13 bits per heavy atom. The highest BCUT2D eigenvalue weighted by molar-refractivity contribution is 7.99. The van der Waals surface area contributed by atoms with Gasteiger partial charge in [-0.2, -0.15) is 0 Å². The molecule has 1 aliphatic heterocycles. The summed E-state index contributed by atoms with van der Waals surface area (Å²) in [6.07, 6.45) is 4.50. The van der Waals surface area contributed by atoms with Crippen molar-refractivity contribution in [2.24, 2.45) is 7.05 Å². The molecule has 6 heteroatoms. The predicted molar refractivity (Wildman–Crippen MR) is 92.3 cm³/mol. The van der Waals surface area contributed by atoms with Crippen molar-refractivity contribution in [2.75, 3.05) is 19.3 Å². The molecular formula is C17H22N4OS. The Balaban J connectivity index is 1.50. The monoisotopic (exact) mass is 330 g/mol. The van der Waals surface area contributed by atoms with Crippen molar-refractivity contribution in [1.29, 1.82) is 0 Å². The Morgan fingerprint density at radius 3 is 2.87 bits per heavy atom. The quantitative estimate of drug-likeness (QED) is 0.669. The fraction of sp³-hybridized carbons (Fsp3) is 0.412. The van der Waals surface area contributed by atoms with Crippen LogP contribution >= 0.6 is 11.8 Å². The highest BCUT2D eigenvalue weighted by atomic mass is 32.2. The van der Waals surface area contributed by atoms with E-state index in [2.05, 4.69) is 33.4 Å². The minimum atomic E-state index is -0.0805. The maximum Gasteiger partial charge on any atom is 0.237 e. The molecule has 0 bridgehead atoms. The summed E-state index contributed by atoms with van der Waals surface area (Å²) in [5, 5.41) is 4.03. The normalized spacial score (nSPS) is 17.7. The number of likely N-dealkylation sites (N-methyl/N-ethyl adjacent to an activating group) is 1. The first kappa shape index (κ1) is 16.1. The SMILES string of the molecule is CN1Cc2ccccc2CC1C(=O)NCCSc1nccn1C. The summed E-state index contributed by atoms with van der Waals surface area (Å²) in [6.45, 7) is 1.48. The minimum Gasteiger partial charge on any atom is -0.354 e. The zero-order chi connectivity index (χ0) is 16.2. The second-order valence-corrected chi connectivity index (χ2v) is 6.93. The van der Waals surface area contributed by atoms with Gasteiger partial charge in [-0.1, -0.05) is 36.0 Å². The summed E-state index contributed by atoms with van der Waals surface area (Å²) in [5.41, 5.74) is 2.61. The molecule has 1 aliphatic rings. The molecule has 0 fully saturated rings. The zero-order valence-corrected chi connectivity index (χ0v) is 14.3. The molecule has 2 heterocycles. The summed E-state index contributed by atoms with van der Waals surface area (Å²) in [4.78, 5) is 18.9. The summed E-state index contributed by atoms with van der Waals surface area (Å²) in [7, 11) is 3.99. The van der Waals surface area contributed by atoms with Crippen LogP contribution in [0.2, 0.25) is 0 Å². The predicted octanol–water partition coefficient (Wildman–Crippen LogP) is 1.69. The van der Waals surface area contributed by atoms with Gasteiger partial charge >= 0.3 is 0 Å². The molecule has 23 heavy (non-hydrogen) atoms. The number of amides is 1. The smallest absolute Gasteiger partial charge is 0.237 e. The van der Waals surface area contributed by atoms with Gasteiger partial charge in [0.25, 0.3) is 0 Å². The number of hydrogen-bond acceptors (Lipinski definition) is 4. The fourth-order valence-electron chi connectivity index (χ4n) is 2.87. The first-order valence-corrected chi connectivity index (χ1v) is 8.78. The van der Waals surface area contributed by atoms with E-state index >= 15 is 0 Å². The molecule has 1 unspecified atom stereocenters. The van der Waals surface area contributed by atoms with E-state index < -0.39 is 0 Å². The molecule has 1 aromatic heterocycles. The third-order valence-corrected chi connectivity index (χ3v) is 5.26. The van der Waals surface area contributed by atoms with Crippen molar-refractivity contribution < 1.29 is 4.79 Å². The second-order valence-electron chi connectivity index (χ2n) is 5.86. The maximum atomic E-state index is 12.5. The van der Waals surface area contributed by atoms with Crippen molar-refractivity contribution in [3.63, 3.8) is 0 Å². The Bertz CT molecular complexity index is 685. The number of hydrogen-bond donors (Lipinski definition) is 1. The Hall–Kier alpha value is -1.79. The van der Waals surface area contributed by atoms with E-state index in [-0.39, 0.29) is 11.9 Å². The van der Waals surface area contributed by atoms with E-state index in [9.17, 15) is 4.79 Å². The van der Waals surface area contributed by atoms with Gasteiger partial charge in [0.05, 0.1) is 6.04 Å². The average molecular weight is 330 g/mol. The molecule has 1 aromatic carbocycles. The highest BCUT2D eigenvalue weighted by Gasteiger charge is 2.28. The molecule has 1 N–H and O–H groups in total. The fourth-order valence-corrected chi connectivity index (χ4v) is 3.66. The van der Waals surface area contributed by atoms with Crippen LogP contribution in [0.4, 0.5) is 0 Å². The number of aromatic nitrogens is 2. The topological polar surface area (TPSA) is 50.2 Å². The first-order chi connectivity index (χ1) is 11.1. The van der Waals surface area contributed by atoms with E-state index in [0.29, 0.717) is 6.54 Å². The molecule has 0 radical (unpaired) electrons. The summed E-state index contributed by atoms with van der Waals surface area (Å²) in [5.74, 6) is 0.936. The number of carbonyl (C=O) groups is 1. The lowest BCUT2D eigenvalue weighted by atomic mass is 9.94. The number of carbonyl (C=O) groups excluding carboxylic acids is 1. The number of thioether (sulfide) groups is 1. The standard InChI is InChI=1S/C17H22N4OS/c1-20-9-7-19-17(20)23-10-8-18-16(22)15-11-13-5-3-4-6-14(13)12-21(15)2/h3-7,9,15H,8,10-12H2,1-2H3,(H,18,22). The lowest BCUT2D eigenvalue weighted by Crippen LogP contribution is -2.48. The first-order valence-electron chi connectivity index (χ1n) is 7.80. The summed E-state index contributed by atoms with van der Waals surface area (Å²) >= 11 is 1.66. The van der Waals surface area contributed by atoms with Crippen molar-refractivity contribution in [3.05, 3.63) is 47.8 Å². The second kappa shape index (κ2) is 7.19. The molecule has 0 spiro atoms. The van der Waals surface area contributed by atoms with Crippen LogP contribution in [-0.4, -0.2) is 45.7 Å².